The largest absolute Gasteiger partial charge is 0.461 e. The van der Waals surface area contributed by atoms with E-state index in [4.69, 9.17) is 9.26 Å². The van der Waals surface area contributed by atoms with Crippen LogP contribution in [0.4, 0.5) is 0 Å². The van der Waals surface area contributed by atoms with Gasteiger partial charge >= 0.3 is 5.97 Å². The third-order valence-corrected chi connectivity index (χ3v) is 5.26. The first-order chi connectivity index (χ1) is 13.6. The van der Waals surface area contributed by atoms with Gasteiger partial charge in [-0.2, -0.15) is 0 Å². The molecule has 0 atom stereocenters. The molecule has 0 saturated heterocycles. The number of carbonyl (C=O) groups is 2. The van der Waals surface area contributed by atoms with Crippen molar-refractivity contribution < 1.29 is 18.8 Å². The van der Waals surface area contributed by atoms with Crippen LogP contribution in [0.2, 0.25) is 0 Å². The van der Waals surface area contributed by atoms with Crippen LogP contribution in [0, 0.1) is 0 Å². The Morgan fingerprint density at radius 3 is 2.82 bits per heavy atom. The van der Waals surface area contributed by atoms with Crippen LogP contribution in [0.1, 0.15) is 57.9 Å². The molecule has 4 rings (SSSR count). The lowest BCUT2D eigenvalue weighted by atomic mass is 9.99. The lowest BCUT2D eigenvalue weighted by Crippen LogP contribution is -2.14. The zero-order chi connectivity index (χ0) is 19.7. The Kier molecular flexibility index (Phi) is 4.99. The molecule has 0 radical (unpaired) electrons. The topological polar surface area (TPSA) is 100 Å². The van der Waals surface area contributed by atoms with Crippen LogP contribution in [0.5, 0.6) is 0 Å². The van der Waals surface area contributed by atoms with Gasteiger partial charge in [0.15, 0.2) is 11.5 Å². The summed E-state index contributed by atoms with van der Waals surface area (Å²) in [4.78, 5) is 26.5. The molecule has 0 unspecified atom stereocenters. The molecule has 0 spiro atoms. The van der Waals surface area contributed by atoms with Crippen molar-refractivity contribution in [1.29, 1.82) is 0 Å². The number of hydrogen-bond donors (Lipinski definition) is 0. The number of carbonyl (C=O) groups excluding carboxylic acids is 2. The van der Waals surface area contributed by atoms with E-state index >= 15 is 0 Å². The molecule has 9 heteroatoms. The highest BCUT2D eigenvalue weighted by atomic mass is 32.2. The number of benzene rings is 1. The van der Waals surface area contributed by atoms with Crippen LogP contribution >= 0.6 is 11.8 Å². The number of esters is 1. The van der Waals surface area contributed by atoms with Gasteiger partial charge in [0, 0.05) is 16.4 Å². The first kappa shape index (κ1) is 18.4. The Morgan fingerprint density at radius 1 is 1.36 bits per heavy atom. The van der Waals surface area contributed by atoms with Gasteiger partial charge in [0.05, 0.1) is 24.7 Å². The summed E-state index contributed by atoms with van der Waals surface area (Å²) >= 11 is 1.44. The maximum Gasteiger partial charge on any atom is 0.361 e. The van der Waals surface area contributed by atoms with Gasteiger partial charge in [-0.1, -0.05) is 10.4 Å². The van der Waals surface area contributed by atoms with E-state index in [1.807, 2.05) is 12.3 Å². The highest BCUT2D eigenvalue weighted by Gasteiger charge is 2.38. The third kappa shape index (κ3) is 3.33. The SMILES string of the molecule is CCOC(=O)c1noc(C2CC2)c1C(=O)c1ccc(-n2ccnn2)cc1SC. The minimum Gasteiger partial charge on any atom is -0.461 e. The van der Waals surface area contributed by atoms with E-state index in [1.165, 1.54) is 11.8 Å². The molecule has 28 heavy (non-hydrogen) atoms. The van der Waals surface area contributed by atoms with E-state index in [2.05, 4.69) is 15.5 Å². The zero-order valence-electron chi connectivity index (χ0n) is 15.4. The van der Waals surface area contributed by atoms with E-state index in [1.54, 1.807) is 36.1 Å². The first-order valence-electron chi connectivity index (χ1n) is 8.90. The molecular weight excluding hydrogens is 380 g/mol. The maximum atomic E-state index is 13.4. The molecule has 1 aliphatic rings. The molecule has 3 aromatic rings. The number of thioether (sulfide) groups is 1. The fourth-order valence-electron chi connectivity index (χ4n) is 2.98. The second kappa shape index (κ2) is 7.59. The normalized spacial score (nSPS) is 13.5. The average Bonchev–Trinajstić information content (AvgIpc) is 3.22. The monoisotopic (exact) mass is 398 g/mol. The maximum absolute atomic E-state index is 13.4. The van der Waals surface area contributed by atoms with E-state index in [0.29, 0.717) is 11.3 Å². The highest BCUT2D eigenvalue weighted by molar-refractivity contribution is 7.98. The highest BCUT2D eigenvalue weighted by Crippen LogP contribution is 2.43. The summed E-state index contributed by atoms with van der Waals surface area (Å²) in [5.41, 5.74) is 1.43. The smallest absolute Gasteiger partial charge is 0.361 e. The van der Waals surface area contributed by atoms with E-state index in [9.17, 15) is 9.59 Å². The van der Waals surface area contributed by atoms with Crippen LogP contribution in [0.25, 0.3) is 5.69 Å². The average molecular weight is 398 g/mol. The lowest BCUT2D eigenvalue weighted by Gasteiger charge is -2.10. The molecule has 1 aromatic carbocycles. The van der Waals surface area contributed by atoms with Gasteiger partial charge in [0.1, 0.15) is 5.56 Å². The summed E-state index contributed by atoms with van der Waals surface area (Å²) in [6.45, 7) is 1.90. The molecular formula is C19H18N4O4S. The second-order valence-electron chi connectivity index (χ2n) is 6.33. The van der Waals surface area contributed by atoms with Crippen LogP contribution in [-0.2, 0) is 4.74 Å². The quantitative estimate of drug-likeness (QED) is 0.340. The van der Waals surface area contributed by atoms with Gasteiger partial charge in [-0.25, -0.2) is 9.48 Å². The van der Waals surface area contributed by atoms with Crippen molar-refractivity contribution in [3.8, 4) is 5.69 Å². The molecule has 2 aromatic heterocycles. The molecule has 144 valence electrons. The van der Waals surface area contributed by atoms with Crippen LogP contribution in [-0.4, -0.2) is 44.8 Å². The van der Waals surface area contributed by atoms with Crippen molar-refractivity contribution >= 4 is 23.5 Å². The Labute approximate surface area is 165 Å². The van der Waals surface area contributed by atoms with E-state index in [-0.39, 0.29) is 29.6 Å². The summed E-state index contributed by atoms with van der Waals surface area (Å²) in [6, 6.07) is 5.38. The van der Waals surface area contributed by atoms with Crippen molar-refractivity contribution in [1.82, 2.24) is 20.2 Å². The summed E-state index contributed by atoms with van der Waals surface area (Å²) in [5.74, 6) is -0.339. The fraction of sp³-hybridized carbons (Fsp3) is 0.316. The molecule has 1 fully saturated rings. The van der Waals surface area contributed by atoms with Crippen LogP contribution in [0.15, 0.2) is 40.0 Å². The fourth-order valence-corrected chi connectivity index (χ4v) is 3.60. The Balaban J connectivity index is 1.77. The van der Waals surface area contributed by atoms with Crippen LogP contribution < -0.4 is 0 Å². The summed E-state index contributed by atoms with van der Waals surface area (Å²) in [5, 5.41) is 11.6. The van der Waals surface area contributed by atoms with Crippen molar-refractivity contribution in [2.75, 3.05) is 12.9 Å². The number of aromatic nitrogens is 4. The Bertz CT molecular complexity index is 1020. The second-order valence-corrected chi connectivity index (χ2v) is 7.17. The molecule has 2 heterocycles. The molecule has 0 N–H and O–H groups in total. The van der Waals surface area contributed by atoms with Gasteiger partial charge in [0.25, 0.3) is 0 Å². The molecule has 0 bridgehead atoms. The lowest BCUT2D eigenvalue weighted by molar-refractivity contribution is 0.0512. The zero-order valence-corrected chi connectivity index (χ0v) is 16.2. The van der Waals surface area contributed by atoms with Crippen molar-refractivity contribution in [3.63, 3.8) is 0 Å². The Hall–Kier alpha value is -2.94. The number of ketones is 1. The van der Waals surface area contributed by atoms with Gasteiger partial charge in [0.2, 0.25) is 5.69 Å². The van der Waals surface area contributed by atoms with Gasteiger partial charge in [-0.15, -0.1) is 16.9 Å². The van der Waals surface area contributed by atoms with E-state index < -0.39 is 5.97 Å². The van der Waals surface area contributed by atoms with E-state index in [0.717, 1.165) is 23.4 Å². The molecule has 8 nitrogen and oxygen atoms in total. The number of rotatable bonds is 7. The number of hydrogen-bond acceptors (Lipinski definition) is 8. The summed E-state index contributed by atoms with van der Waals surface area (Å²) in [6.07, 6.45) is 7.03. The van der Waals surface area contributed by atoms with Crippen molar-refractivity contribution in [2.24, 2.45) is 0 Å². The predicted molar refractivity (Wildman–Crippen MR) is 101 cm³/mol. The number of ether oxygens (including phenoxy) is 1. The Morgan fingerprint density at radius 2 is 2.18 bits per heavy atom. The molecule has 1 saturated carbocycles. The predicted octanol–water partition coefficient (Wildman–Crippen LogP) is 3.26. The molecule has 1 aliphatic carbocycles. The minimum absolute atomic E-state index is 0.0545. The minimum atomic E-state index is -0.647. The third-order valence-electron chi connectivity index (χ3n) is 4.48. The molecule has 0 amide bonds. The number of nitrogens with zero attached hydrogens (tertiary/aromatic N) is 4. The summed E-state index contributed by atoms with van der Waals surface area (Å²) < 4.78 is 12.1. The van der Waals surface area contributed by atoms with Gasteiger partial charge in [-0.3, -0.25) is 4.79 Å². The van der Waals surface area contributed by atoms with Crippen molar-refractivity contribution in [3.05, 3.63) is 53.2 Å². The first-order valence-corrected chi connectivity index (χ1v) is 10.1. The van der Waals surface area contributed by atoms with Gasteiger partial charge in [-0.05, 0) is 44.2 Å². The van der Waals surface area contributed by atoms with Gasteiger partial charge < -0.3 is 9.26 Å². The standard InChI is InChI=1S/C19H18N4O4S/c1-3-26-19(25)16-15(18(27-21-16)11-4-5-11)17(24)13-7-6-12(10-14(13)28-2)23-9-8-20-22-23/h6-11H,3-5H2,1-2H3. The molecule has 0 aliphatic heterocycles. The van der Waals surface area contributed by atoms with Crippen molar-refractivity contribution in [2.45, 2.75) is 30.6 Å². The summed E-state index contributed by atoms with van der Waals surface area (Å²) in [7, 11) is 0. The van der Waals surface area contributed by atoms with Crippen LogP contribution in [0.3, 0.4) is 0 Å².